The van der Waals surface area contributed by atoms with E-state index in [-0.39, 0.29) is 33.8 Å². The molecule has 39 heavy (non-hydrogen) atoms. The SMILES string of the molecule is O=C(NC1N=C(c2c(Cl)cc(Cl)cc2Cl)c2ccccc2NC1=O)c1cc(F)cnc1OCc1cccnc1. The summed E-state index contributed by atoms with van der Waals surface area (Å²) in [5, 5.41) is 5.97. The summed E-state index contributed by atoms with van der Waals surface area (Å²) in [7, 11) is 0. The molecule has 2 N–H and O–H groups in total. The minimum absolute atomic E-state index is 0.0296. The van der Waals surface area contributed by atoms with Gasteiger partial charge in [0.25, 0.3) is 11.8 Å². The second-order valence-corrected chi connectivity index (χ2v) is 9.54. The number of hydrogen-bond donors (Lipinski definition) is 2. The highest BCUT2D eigenvalue weighted by atomic mass is 35.5. The number of benzodiazepines with no additional fused rings is 1. The number of ether oxygens (including phenoxy) is 1. The number of aliphatic imine (C=N–C) groups is 1. The molecule has 2 aromatic heterocycles. The first kappa shape index (κ1) is 26.6. The van der Waals surface area contributed by atoms with Gasteiger partial charge in [0.2, 0.25) is 12.0 Å². The molecule has 1 aliphatic heterocycles. The molecule has 0 saturated carbocycles. The van der Waals surface area contributed by atoms with E-state index in [1.165, 1.54) is 12.1 Å². The zero-order valence-electron chi connectivity index (χ0n) is 19.8. The third-order valence-electron chi connectivity index (χ3n) is 5.62. The molecule has 2 amide bonds. The van der Waals surface area contributed by atoms with E-state index in [1.54, 1.807) is 48.8 Å². The quantitative estimate of drug-likeness (QED) is 0.302. The van der Waals surface area contributed by atoms with Gasteiger partial charge in [-0.05, 0) is 30.3 Å². The van der Waals surface area contributed by atoms with Gasteiger partial charge in [0.15, 0.2) is 0 Å². The molecule has 8 nitrogen and oxygen atoms in total. The minimum Gasteiger partial charge on any atom is -0.472 e. The maximum absolute atomic E-state index is 14.1. The Kier molecular flexibility index (Phi) is 7.74. The van der Waals surface area contributed by atoms with Crippen LogP contribution in [0, 0.1) is 5.82 Å². The van der Waals surface area contributed by atoms with Gasteiger partial charge in [-0.3, -0.25) is 14.6 Å². The van der Waals surface area contributed by atoms with Crippen LogP contribution in [0.4, 0.5) is 10.1 Å². The molecule has 0 bridgehead atoms. The van der Waals surface area contributed by atoms with Crippen LogP contribution < -0.4 is 15.4 Å². The molecule has 0 saturated heterocycles. The van der Waals surface area contributed by atoms with Crippen molar-refractivity contribution in [2.24, 2.45) is 4.99 Å². The van der Waals surface area contributed by atoms with Gasteiger partial charge in [-0.15, -0.1) is 0 Å². The normalized spacial score (nSPS) is 14.5. The number of carbonyl (C=O) groups is 2. The van der Waals surface area contributed by atoms with Crippen LogP contribution in [-0.2, 0) is 11.4 Å². The first-order valence-electron chi connectivity index (χ1n) is 11.4. The Morgan fingerprint density at radius 2 is 1.82 bits per heavy atom. The number of nitrogens with zero attached hydrogens (tertiary/aromatic N) is 3. The Hall–Kier alpha value is -4.05. The Morgan fingerprint density at radius 1 is 1.05 bits per heavy atom. The van der Waals surface area contributed by atoms with Gasteiger partial charge in [-0.2, -0.15) is 0 Å². The lowest BCUT2D eigenvalue weighted by Crippen LogP contribution is -2.42. The van der Waals surface area contributed by atoms with Crippen molar-refractivity contribution in [1.82, 2.24) is 15.3 Å². The molecule has 0 radical (unpaired) electrons. The molecule has 5 rings (SSSR count). The third kappa shape index (κ3) is 5.85. The lowest BCUT2D eigenvalue weighted by atomic mass is 10.0. The summed E-state index contributed by atoms with van der Waals surface area (Å²) in [5.74, 6) is -2.39. The van der Waals surface area contributed by atoms with Crippen molar-refractivity contribution in [2.45, 2.75) is 12.8 Å². The van der Waals surface area contributed by atoms with E-state index in [2.05, 4.69) is 25.6 Å². The molecule has 0 fully saturated rings. The molecular formula is C27H17Cl3FN5O3. The van der Waals surface area contributed by atoms with Gasteiger partial charge in [-0.1, -0.05) is 59.1 Å². The predicted octanol–water partition coefficient (Wildman–Crippen LogP) is 5.70. The Morgan fingerprint density at radius 3 is 2.56 bits per heavy atom. The number of carbonyl (C=O) groups excluding carboxylic acids is 2. The maximum atomic E-state index is 14.1. The summed E-state index contributed by atoms with van der Waals surface area (Å²) >= 11 is 19.1. The number of anilines is 1. The van der Waals surface area contributed by atoms with Gasteiger partial charge in [0.1, 0.15) is 18.0 Å². The van der Waals surface area contributed by atoms with E-state index >= 15 is 0 Å². The number of rotatable bonds is 6. The molecule has 1 atom stereocenters. The minimum atomic E-state index is -1.45. The topological polar surface area (TPSA) is 106 Å². The van der Waals surface area contributed by atoms with E-state index in [1.807, 2.05) is 0 Å². The van der Waals surface area contributed by atoms with Crippen molar-refractivity contribution >= 4 is 58.0 Å². The van der Waals surface area contributed by atoms with Crippen LogP contribution in [0.2, 0.25) is 15.1 Å². The van der Waals surface area contributed by atoms with Gasteiger partial charge < -0.3 is 15.4 Å². The van der Waals surface area contributed by atoms with Crippen LogP contribution in [0.25, 0.3) is 0 Å². The van der Waals surface area contributed by atoms with Crippen LogP contribution in [0.1, 0.15) is 27.0 Å². The van der Waals surface area contributed by atoms with Crippen molar-refractivity contribution in [3.05, 3.63) is 116 Å². The molecule has 4 aromatic rings. The molecule has 196 valence electrons. The molecule has 3 heterocycles. The van der Waals surface area contributed by atoms with E-state index in [9.17, 15) is 14.0 Å². The average Bonchev–Trinajstić information content (AvgIpc) is 3.04. The molecule has 0 aliphatic carbocycles. The van der Waals surface area contributed by atoms with Crippen LogP contribution in [-0.4, -0.2) is 33.7 Å². The highest BCUT2D eigenvalue weighted by molar-refractivity contribution is 6.44. The number of amides is 2. The van der Waals surface area contributed by atoms with E-state index in [0.29, 0.717) is 27.4 Å². The summed E-state index contributed by atoms with van der Waals surface area (Å²) in [6.45, 7) is 0.0296. The van der Waals surface area contributed by atoms with Gasteiger partial charge in [0, 0.05) is 34.1 Å². The second kappa shape index (κ2) is 11.4. The predicted molar refractivity (Wildman–Crippen MR) is 146 cm³/mol. The molecule has 12 heteroatoms. The fraction of sp³-hybridized carbons (Fsp3) is 0.0741. The molecular weight excluding hydrogens is 568 g/mol. The second-order valence-electron chi connectivity index (χ2n) is 8.29. The van der Waals surface area contributed by atoms with Crippen LogP contribution in [0.5, 0.6) is 5.88 Å². The summed E-state index contributed by atoms with van der Waals surface area (Å²) in [6.07, 6.45) is 2.66. The monoisotopic (exact) mass is 583 g/mol. The third-order valence-corrected chi connectivity index (χ3v) is 6.43. The zero-order valence-corrected chi connectivity index (χ0v) is 22.1. The Bertz CT molecular complexity index is 1590. The van der Waals surface area contributed by atoms with Crippen LogP contribution >= 0.6 is 34.8 Å². The van der Waals surface area contributed by atoms with Crippen molar-refractivity contribution in [3.63, 3.8) is 0 Å². The van der Waals surface area contributed by atoms with Crippen molar-refractivity contribution in [2.75, 3.05) is 5.32 Å². The number of nitrogens with one attached hydrogen (secondary N) is 2. The number of aromatic nitrogens is 2. The molecule has 1 aliphatic rings. The number of benzene rings is 2. The highest BCUT2D eigenvalue weighted by Gasteiger charge is 2.30. The summed E-state index contributed by atoms with van der Waals surface area (Å²) < 4.78 is 19.8. The fourth-order valence-electron chi connectivity index (χ4n) is 3.86. The first-order valence-corrected chi connectivity index (χ1v) is 12.5. The van der Waals surface area contributed by atoms with E-state index < -0.39 is 23.8 Å². The zero-order chi connectivity index (χ0) is 27.5. The van der Waals surface area contributed by atoms with Crippen LogP contribution in [0.3, 0.4) is 0 Å². The summed E-state index contributed by atoms with van der Waals surface area (Å²) in [6, 6.07) is 14.3. The summed E-state index contributed by atoms with van der Waals surface area (Å²) in [5.41, 5.74) is 1.98. The highest BCUT2D eigenvalue weighted by Crippen LogP contribution is 2.34. The summed E-state index contributed by atoms with van der Waals surface area (Å²) in [4.78, 5) is 38.9. The van der Waals surface area contributed by atoms with Crippen molar-refractivity contribution < 1.29 is 18.7 Å². The maximum Gasteiger partial charge on any atom is 0.269 e. The van der Waals surface area contributed by atoms with E-state index in [0.717, 1.165) is 12.3 Å². The molecule has 1 unspecified atom stereocenters. The lowest BCUT2D eigenvalue weighted by Gasteiger charge is -2.16. The van der Waals surface area contributed by atoms with Gasteiger partial charge in [0.05, 0.1) is 27.6 Å². The Labute approximate surface area is 236 Å². The lowest BCUT2D eigenvalue weighted by molar-refractivity contribution is -0.117. The smallest absolute Gasteiger partial charge is 0.269 e. The number of halogens is 4. The standard InChI is InChI=1S/C27H17Cl3FN5O3/c28-15-8-19(29)22(20(30)9-15)23-17-5-1-2-6-21(17)34-26(38)24(35-23)36-25(37)18-10-16(31)12-33-27(18)39-13-14-4-3-7-32-11-14/h1-12,24H,13H2,(H,34,38)(H,36,37). The van der Waals surface area contributed by atoms with Gasteiger partial charge >= 0.3 is 0 Å². The number of pyridine rings is 2. The molecule has 0 spiro atoms. The molecule has 2 aromatic carbocycles. The van der Waals surface area contributed by atoms with Crippen LogP contribution in [0.15, 0.2) is 78.2 Å². The number of fused-ring (bicyclic) bond motifs is 1. The first-order chi connectivity index (χ1) is 18.8. The number of hydrogen-bond acceptors (Lipinski definition) is 6. The largest absolute Gasteiger partial charge is 0.472 e. The van der Waals surface area contributed by atoms with Crippen molar-refractivity contribution in [3.8, 4) is 5.88 Å². The number of para-hydroxylation sites is 1. The average molecular weight is 585 g/mol. The fourth-order valence-corrected chi connectivity index (χ4v) is 4.86. The Balaban J connectivity index is 1.51. The van der Waals surface area contributed by atoms with Crippen molar-refractivity contribution in [1.29, 1.82) is 0 Å². The van der Waals surface area contributed by atoms with Gasteiger partial charge in [-0.25, -0.2) is 14.4 Å². The van der Waals surface area contributed by atoms with E-state index in [4.69, 9.17) is 39.5 Å².